The maximum absolute atomic E-state index is 11.0. The van der Waals surface area contributed by atoms with Crippen molar-refractivity contribution in [3.05, 3.63) is 0 Å². The van der Waals surface area contributed by atoms with Crippen LogP contribution in [0.1, 0.15) is 0 Å². The Morgan fingerprint density at radius 1 is 1.67 bits per heavy atom. The molecule has 9 heavy (non-hydrogen) atoms. The van der Waals surface area contributed by atoms with Gasteiger partial charge in [0.1, 0.15) is 0 Å². The topological polar surface area (TPSA) is 26.3 Å². The highest BCUT2D eigenvalue weighted by Crippen LogP contribution is 2.24. The molecule has 0 spiro atoms. The Morgan fingerprint density at radius 2 is 2.11 bits per heavy atom. The number of alkyl halides is 3. The predicted molar refractivity (Wildman–Crippen MR) is 32.4 cm³/mol. The van der Waals surface area contributed by atoms with Crippen LogP contribution in [-0.2, 0) is 9.74 Å². The number of halogens is 4. The van der Waals surface area contributed by atoms with Crippen molar-refractivity contribution in [1.29, 1.82) is 0 Å². The van der Waals surface area contributed by atoms with Crippen LogP contribution in [0.15, 0.2) is 0 Å². The van der Waals surface area contributed by atoms with Gasteiger partial charge in [0.05, 0.1) is 5.88 Å². The molecular weight excluding hydrogens is 193 g/mol. The Labute approximate surface area is 65.7 Å². The molecule has 0 aliphatic carbocycles. The summed E-state index contributed by atoms with van der Waals surface area (Å²) < 4.78 is 9.02. The number of rotatable bonds is 2. The molecule has 54 valence electrons. The lowest BCUT2D eigenvalue weighted by molar-refractivity contribution is -0.183. The fraction of sp³-hybridized carbons (Fsp3) is 0.667. The minimum Gasteiger partial charge on any atom is -0.251 e. The third kappa shape index (κ3) is 2.56. The smallest absolute Gasteiger partial charge is 0.251 e. The summed E-state index contributed by atoms with van der Waals surface area (Å²) in [6, 6.07) is 0. The molecule has 2 nitrogen and oxygen atoms in total. The van der Waals surface area contributed by atoms with E-state index in [1.54, 1.807) is 0 Å². The van der Waals surface area contributed by atoms with Crippen molar-refractivity contribution in [3.8, 4) is 0 Å². The molecule has 0 unspecified atom stereocenters. The third-order valence-electron chi connectivity index (χ3n) is 0.537. The van der Waals surface area contributed by atoms with Crippen LogP contribution in [0.5, 0.6) is 0 Å². The van der Waals surface area contributed by atoms with Crippen molar-refractivity contribution >= 4 is 40.8 Å². The zero-order valence-electron chi connectivity index (χ0n) is 4.04. The van der Waals surface area contributed by atoms with Crippen LogP contribution in [0, 0.1) is 0 Å². The van der Waals surface area contributed by atoms with Gasteiger partial charge in [-0.2, -0.15) is 0 Å². The van der Waals surface area contributed by atoms with E-state index in [9.17, 15) is 9.32 Å². The Morgan fingerprint density at radius 3 is 2.22 bits per heavy atom. The van der Waals surface area contributed by atoms with Gasteiger partial charge in [-0.15, -0.1) is 11.6 Å². The van der Waals surface area contributed by atoms with E-state index in [4.69, 9.17) is 34.8 Å². The average Bonchev–Trinajstić information content (AvgIpc) is 1.86. The first kappa shape index (κ1) is 9.27. The minimum atomic E-state index is -1.98. The minimum absolute atomic E-state index is 0.418. The van der Waals surface area contributed by atoms with Crippen LogP contribution in [0.4, 0.5) is 4.53 Å². The lowest BCUT2D eigenvalue weighted by Gasteiger charge is -2.08. The normalized spacial score (nSPS) is 11.1. The Hall–Kier alpha value is 0.270. The van der Waals surface area contributed by atoms with Gasteiger partial charge in [0.2, 0.25) is 4.33 Å². The first-order chi connectivity index (χ1) is 4.04. The second-order valence-corrected chi connectivity index (χ2v) is 2.95. The third-order valence-corrected chi connectivity index (χ3v) is 1.79. The summed E-state index contributed by atoms with van der Waals surface area (Å²) in [6.07, 6.45) is 0. The summed E-state index contributed by atoms with van der Waals surface area (Å²) in [5.41, 5.74) is 0. The number of hydrogen-bond acceptors (Lipinski definition) is 2. The highest BCUT2D eigenvalue weighted by molar-refractivity contribution is 6.60. The van der Waals surface area contributed by atoms with Gasteiger partial charge in [0.15, 0.2) is 0 Å². The van der Waals surface area contributed by atoms with E-state index in [0.717, 1.165) is 0 Å². The van der Waals surface area contributed by atoms with Gasteiger partial charge in [-0.1, -0.05) is 23.2 Å². The molecular formula is C3H2Cl3FO2. The molecule has 0 amide bonds. The van der Waals surface area contributed by atoms with Crippen molar-refractivity contribution in [1.82, 2.24) is 0 Å². The van der Waals surface area contributed by atoms with E-state index < -0.39 is 16.2 Å². The molecule has 6 heteroatoms. The predicted octanol–water partition coefficient (Wildman–Crippen LogP) is 1.83. The van der Waals surface area contributed by atoms with Gasteiger partial charge in [-0.05, 0) is 0 Å². The maximum Gasteiger partial charge on any atom is 0.385 e. The molecule has 0 aromatic carbocycles. The lowest BCUT2D eigenvalue weighted by atomic mass is 10.5. The standard InChI is InChI=1S/C3H2Cl3FO2/c4-1-3(5,6)2(8)9-7/h1H2. The largest absolute Gasteiger partial charge is 0.385 e. The lowest BCUT2D eigenvalue weighted by Crippen LogP contribution is -2.28. The van der Waals surface area contributed by atoms with Crippen molar-refractivity contribution < 1.29 is 14.3 Å². The number of carbonyl (C=O) groups excluding carboxylic acids is 1. The number of hydrogen-bond donors (Lipinski definition) is 0. The first-order valence-electron chi connectivity index (χ1n) is 1.81. The van der Waals surface area contributed by atoms with Crippen LogP contribution in [0.2, 0.25) is 0 Å². The average molecular weight is 195 g/mol. The van der Waals surface area contributed by atoms with Crippen molar-refractivity contribution in [2.75, 3.05) is 5.88 Å². The van der Waals surface area contributed by atoms with Crippen LogP contribution < -0.4 is 0 Å². The maximum atomic E-state index is 11.0. The van der Waals surface area contributed by atoms with Crippen LogP contribution >= 0.6 is 34.8 Å². The first-order valence-corrected chi connectivity index (χ1v) is 3.10. The van der Waals surface area contributed by atoms with Gasteiger partial charge in [-0.25, -0.2) is 4.79 Å². The molecule has 0 heterocycles. The molecule has 0 fully saturated rings. The second-order valence-electron chi connectivity index (χ2n) is 1.20. The van der Waals surface area contributed by atoms with Gasteiger partial charge in [0.25, 0.3) is 0 Å². The second kappa shape index (κ2) is 3.44. The molecule has 0 N–H and O–H groups in total. The van der Waals surface area contributed by atoms with E-state index in [1.165, 1.54) is 0 Å². The summed E-state index contributed by atoms with van der Waals surface area (Å²) in [6.45, 7) is 0. The van der Waals surface area contributed by atoms with Gasteiger partial charge in [0, 0.05) is 4.53 Å². The molecule has 0 atom stereocenters. The summed E-state index contributed by atoms with van der Waals surface area (Å²) in [4.78, 5) is 12.8. The summed E-state index contributed by atoms with van der Waals surface area (Å²) in [5, 5.41) is 0. The zero-order valence-corrected chi connectivity index (χ0v) is 6.30. The fourth-order valence-electron chi connectivity index (χ4n) is 0.111. The molecule has 0 radical (unpaired) electrons. The highest BCUT2D eigenvalue weighted by atomic mass is 35.5. The molecule has 0 saturated carbocycles. The molecule has 0 rings (SSSR count). The van der Waals surface area contributed by atoms with E-state index in [2.05, 4.69) is 4.94 Å². The van der Waals surface area contributed by atoms with Gasteiger partial charge in [-0.3, -0.25) is 4.94 Å². The van der Waals surface area contributed by atoms with Crippen molar-refractivity contribution in [2.24, 2.45) is 0 Å². The van der Waals surface area contributed by atoms with Crippen molar-refractivity contribution in [3.63, 3.8) is 0 Å². The van der Waals surface area contributed by atoms with Gasteiger partial charge < -0.3 is 0 Å². The van der Waals surface area contributed by atoms with Crippen molar-refractivity contribution in [2.45, 2.75) is 4.33 Å². The van der Waals surface area contributed by atoms with E-state index in [0.29, 0.717) is 0 Å². The van der Waals surface area contributed by atoms with Crippen LogP contribution in [-0.4, -0.2) is 16.2 Å². The summed E-state index contributed by atoms with van der Waals surface area (Å²) in [5.74, 6) is -1.82. The molecule has 0 aliphatic heterocycles. The van der Waals surface area contributed by atoms with Gasteiger partial charge >= 0.3 is 5.97 Å². The molecule has 0 aromatic heterocycles. The molecule has 0 aliphatic rings. The highest BCUT2D eigenvalue weighted by Gasteiger charge is 2.35. The van der Waals surface area contributed by atoms with E-state index >= 15 is 0 Å². The monoisotopic (exact) mass is 194 g/mol. The number of carbonyl (C=O) groups is 1. The van der Waals surface area contributed by atoms with E-state index in [1.807, 2.05) is 0 Å². The molecule has 0 aromatic rings. The SMILES string of the molecule is O=C(OF)C(Cl)(Cl)CCl. The Bertz CT molecular complexity index is 116. The Kier molecular flexibility index (Phi) is 3.54. The quantitative estimate of drug-likeness (QED) is 0.628. The fourth-order valence-corrected chi connectivity index (χ4v) is 0.278. The Balaban J connectivity index is 3.97. The summed E-state index contributed by atoms with van der Waals surface area (Å²) in [7, 11) is 0. The van der Waals surface area contributed by atoms with E-state index in [-0.39, 0.29) is 0 Å². The summed E-state index contributed by atoms with van der Waals surface area (Å²) >= 11 is 15.2. The zero-order chi connectivity index (χ0) is 7.49. The molecule has 0 bridgehead atoms. The van der Waals surface area contributed by atoms with Crippen LogP contribution in [0.3, 0.4) is 0 Å². The van der Waals surface area contributed by atoms with Crippen LogP contribution in [0.25, 0.3) is 0 Å². The molecule has 0 saturated heterocycles.